The molecule has 2 N–H and O–H groups in total. The van der Waals surface area contributed by atoms with Crippen molar-refractivity contribution in [2.45, 2.75) is 25.4 Å². The quantitative estimate of drug-likeness (QED) is 0.611. The Morgan fingerprint density at radius 3 is 2.33 bits per heavy atom. The minimum atomic E-state index is -1.09. The summed E-state index contributed by atoms with van der Waals surface area (Å²) in [4.78, 5) is 12.5. The van der Waals surface area contributed by atoms with Crippen LogP contribution in [-0.4, -0.2) is 47.3 Å². The van der Waals surface area contributed by atoms with Crippen molar-refractivity contribution in [3.63, 3.8) is 0 Å². The van der Waals surface area contributed by atoms with Gasteiger partial charge in [-0.1, -0.05) is 0 Å². The number of amides is 1. The third kappa shape index (κ3) is 4.31. The summed E-state index contributed by atoms with van der Waals surface area (Å²) in [5.74, 6) is -0.131. The van der Waals surface area contributed by atoms with Gasteiger partial charge in [-0.25, -0.2) is 0 Å². The number of hydrogen-bond donors (Lipinski definition) is 2. The molecule has 1 atom stereocenters. The Kier molecular flexibility index (Phi) is 4.20. The second-order valence-electron chi connectivity index (χ2n) is 3.44. The van der Waals surface area contributed by atoms with Gasteiger partial charge in [0.15, 0.2) is 0 Å². The monoisotopic (exact) mass is 175 g/mol. The van der Waals surface area contributed by atoms with E-state index >= 15 is 0 Å². The zero-order valence-corrected chi connectivity index (χ0v) is 7.87. The molecule has 0 fully saturated rings. The fourth-order valence-corrected chi connectivity index (χ4v) is 0.813. The highest BCUT2D eigenvalue weighted by Crippen LogP contribution is 2.14. The van der Waals surface area contributed by atoms with Gasteiger partial charge in [-0.05, 0) is 13.3 Å². The first kappa shape index (κ1) is 11.4. The van der Waals surface area contributed by atoms with E-state index in [0.717, 1.165) is 0 Å². The zero-order valence-electron chi connectivity index (χ0n) is 7.87. The van der Waals surface area contributed by atoms with Crippen molar-refractivity contribution in [1.29, 1.82) is 0 Å². The minimum absolute atomic E-state index is 0.0561. The second kappa shape index (κ2) is 4.42. The summed E-state index contributed by atoms with van der Waals surface area (Å²) in [5.41, 5.74) is -1.09. The van der Waals surface area contributed by atoms with Gasteiger partial charge in [0.1, 0.15) is 0 Å². The van der Waals surface area contributed by atoms with Crippen molar-refractivity contribution in [3.05, 3.63) is 0 Å². The molecule has 0 aliphatic rings. The van der Waals surface area contributed by atoms with E-state index in [2.05, 4.69) is 0 Å². The summed E-state index contributed by atoms with van der Waals surface area (Å²) in [6.07, 6.45) is 0.285. The van der Waals surface area contributed by atoms with Crippen molar-refractivity contribution in [2.75, 3.05) is 20.7 Å². The Hall–Kier alpha value is -0.610. The molecule has 0 heterocycles. The first-order valence-electron chi connectivity index (χ1n) is 3.92. The van der Waals surface area contributed by atoms with Crippen LogP contribution < -0.4 is 0 Å². The summed E-state index contributed by atoms with van der Waals surface area (Å²) in [5, 5.41) is 18.1. The number of hydrogen-bond acceptors (Lipinski definition) is 3. The lowest BCUT2D eigenvalue weighted by Crippen LogP contribution is -2.34. The van der Waals surface area contributed by atoms with Crippen LogP contribution in [0.2, 0.25) is 0 Å². The zero-order chi connectivity index (χ0) is 9.78. The Morgan fingerprint density at radius 2 is 2.00 bits per heavy atom. The van der Waals surface area contributed by atoms with Gasteiger partial charge in [-0.2, -0.15) is 0 Å². The average molecular weight is 175 g/mol. The number of carbonyl (C=O) groups excluding carboxylic acids is 1. The van der Waals surface area contributed by atoms with Crippen LogP contribution in [0.15, 0.2) is 0 Å². The first-order chi connectivity index (χ1) is 5.39. The average Bonchev–Trinajstić information content (AvgIpc) is 1.85. The highest BCUT2D eigenvalue weighted by Gasteiger charge is 2.24. The highest BCUT2D eigenvalue weighted by atomic mass is 16.3. The molecule has 0 aliphatic carbocycles. The van der Waals surface area contributed by atoms with Crippen molar-refractivity contribution < 1.29 is 15.0 Å². The topological polar surface area (TPSA) is 60.8 Å². The number of rotatable bonds is 4. The summed E-state index contributed by atoms with van der Waals surface area (Å²) in [6, 6.07) is 0. The second-order valence-corrected chi connectivity index (χ2v) is 3.44. The summed E-state index contributed by atoms with van der Waals surface area (Å²) < 4.78 is 0. The Morgan fingerprint density at radius 1 is 1.50 bits per heavy atom. The third-order valence-electron chi connectivity index (χ3n) is 1.68. The lowest BCUT2D eigenvalue weighted by Gasteiger charge is -2.23. The Bertz CT molecular complexity index is 154. The molecule has 0 rings (SSSR count). The molecule has 1 amide bonds. The van der Waals surface area contributed by atoms with Crippen LogP contribution >= 0.6 is 0 Å². The summed E-state index contributed by atoms with van der Waals surface area (Å²) in [6.45, 7) is 1.44. The molecule has 72 valence electrons. The van der Waals surface area contributed by atoms with Crippen LogP contribution in [0.4, 0.5) is 0 Å². The SMILES string of the molecule is CN(C)C(=O)CC(C)(O)CCO. The molecule has 0 aromatic heterocycles. The van der Waals surface area contributed by atoms with Crippen LogP contribution in [0.25, 0.3) is 0 Å². The maximum Gasteiger partial charge on any atom is 0.224 e. The van der Waals surface area contributed by atoms with Crippen LogP contribution in [0.5, 0.6) is 0 Å². The molecule has 4 heteroatoms. The van der Waals surface area contributed by atoms with E-state index < -0.39 is 5.60 Å². The lowest BCUT2D eigenvalue weighted by atomic mass is 9.98. The molecule has 1 unspecified atom stereocenters. The number of nitrogens with zero attached hydrogens (tertiary/aromatic N) is 1. The molecule has 0 aromatic carbocycles. The fraction of sp³-hybridized carbons (Fsp3) is 0.875. The van der Waals surface area contributed by atoms with E-state index in [4.69, 9.17) is 5.11 Å². The summed E-state index contributed by atoms with van der Waals surface area (Å²) in [7, 11) is 3.27. The van der Waals surface area contributed by atoms with Crippen molar-refractivity contribution in [3.8, 4) is 0 Å². The molecular formula is C8H17NO3. The summed E-state index contributed by atoms with van der Waals surface area (Å²) >= 11 is 0. The number of aliphatic hydroxyl groups excluding tert-OH is 1. The Labute approximate surface area is 72.8 Å². The smallest absolute Gasteiger partial charge is 0.224 e. The maximum absolute atomic E-state index is 11.1. The van der Waals surface area contributed by atoms with Crippen LogP contribution in [0, 0.1) is 0 Å². The third-order valence-corrected chi connectivity index (χ3v) is 1.68. The van der Waals surface area contributed by atoms with Gasteiger partial charge in [-0.3, -0.25) is 4.79 Å². The normalized spacial score (nSPS) is 15.4. The molecule has 0 aromatic rings. The van der Waals surface area contributed by atoms with Gasteiger partial charge >= 0.3 is 0 Å². The predicted molar refractivity (Wildman–Crippen MR) is 45.6 cm³/mol. The molecule has 4 nitrogen and oxygen atoms in total. The predicted octanol–water partition coefficient (Wildman–Crippen LogP) is -0.402. The molecule has 0 radical (unpaired) electrons. The van der Waals surface area contributed by atoms with Gasteiger partial charge in [-0.15, -0.1) is 0 Å². The molecule has 0 saturated carbocycles. The van der Waals surface area contributed by atoms with Gasteiger partial charge in [0.2, 0.25) is 5.91 Å². The van der Waals surface area contributed by atoms with Crippen LogP contribution in [0.1, 0.15) is 19.8 Å². The van der Waals surface area contributed by atoms with Gasteiger partial charge < -0.3 is 15.1 Å². The molecular weight excluding hydrogens is 158 g/mol. The van der Waals surface area contributed by atoms with Crippen LogP contribution in [0.3, 0.4) is 0 Å². The molecule has 0 bridgehead atoms. The molecule has 0 spiro atoms. The van der Waals surface area contributed by atoms with Crippen molar-refractivity contribution in [2.24, 2.45) is 0 Å². The molecule has 0 saturated heterocycles. The van der Waals surface area contributed by atoms with Crippen molar-refractivity contribution in [1.82, 2.24) is 4.90 Å². The van der Waals surface area contributed by atoms with E-state index in [1.165, 1.54) is 4.90 Å². The number of aliphatic hydroxyl groups is 2. The highest BCUT2D eigenvalue weighted by molar-refractivity contribution is 5.76. The fourth-order valence-electron chi connectivity index (χ4n) is 0.813. The standard InChI is InChI=1S/C8H17NO3/c1-8(12,4-5-10)6-7(11)9(2)3/h10,12H,4-6H2,1-3H3. The van der Waals surface area contributed by atoms with E-state index in [9.17, 15) is 9.90 Å². The first-order valence-corrected chi connectivity index (χ1v) is 3.92. The Balaban J connectivity index is 3.96. The van der Waals surface area contributed by atoms with Crippen LogP contribution in [-0.2, 0) is 4.79 Å². The number of carbonyl (C=O) groups is 1. The van der Waals surface area contributed by atoms with Gasteiger partial charge in [0.05, 0.1) is 12.0 Å². The molecule has 12 heavy (non-hydrogen) atoms. The minimum Gasteiger partial charge on any atom is -0.396 e. The van der Waals surface area contributed by atoms with E-state index in [1.807, 2.05) is 0 Å². The molecule has 0 aliphatic heterocycles. The van der Waals surface area contributed by atoms with Gasteiger partial charge in [0, 0.05) is 20.7 Å². The van der Waals surface area contributed by atoms with Gasteiger partial charge in [0.25, 0.3) is 0 Å². The lowest BCUT2D eigenvalue weighted by molar-refractivity contribution is -0.133. The van der Waals surface area contributed by atoms with E-state index in [-0.39, 0.29) is 25.4 Å². The largest absolute Gasteiger partial charge is 0.396 e. The van der Waals surface area contributed by atoms with E-state index in [1.54, 1.807) is 21.0 Å². The van der Waals surface area contributed by atoms with Crippen molar-refractivity contribution >= 4 is 5.91 Å². The van der Waals surface area contributed by atoms with E-state index in [0.29, 0.717) is 0 Å². The maximum atomic E-state index is 11.1.